The average molecular weight is 328 g/mol. The lowest BCUT2D eigenvalue weighted by atomic mass is 10.0. The van der Waals surface area contributed by atoms with E-state index in [1.807, 2.05) is 18.2 Å². The quantitative estimate of drug-likeness (QED) is 0.796. The first-order chi connectivity index (χ1) is 12.3. The summed E-state index contributed by atoms with van der Waals surface area (Å²) in [6.45, 7) is 1.63. The van der Waals surface area contributed by atoms with Crippen LogP contribution in [0, 0.1) is 11.3 Å². The van der Waals surface area contributed by atoms with E-state index >= 15 is 0 Å². The van der Waals surface area contributed by atoms with E-state index < -0.39 is 0 Å². The van der Waals surface area contributed by atoms with E-state index in [0.29, 0.717) is 23.0 Å². The van der Waals surface area contributed by atoms with Crippen LogP contribution in [0.1, 0.15) is 16.7 Å². The minimum absolute atomic E-state index is 0.564. The van der Waals surface area contributed by atoms with Gasteiger partial charge >= 0.3 is 0 Å². The lowest BCUT2D eigenvalue weighted by molar-refractivity contribution is 0.698. The van der Waals surface area contributed by atoms with Crippen LogP contribution in [0.5, 0.6) is 0 Å². The topological polar surface area (TPSA) is 77.7 Å². The summed E-state index contributed by atoms with van der Waals surface area (Å²) < 4.78 is 0. The highest BCUT2D eigenvalue weighted by molar-refractivity contribution is 5.64. The molecule has 2 aromatic carbocycles. The van der Waals surface area contributed by atoms with Crippen molar-refractivity contribution in [3.8, 4) is 6.07 Å². The zero-order valence-corrected chi connectivity index (χ0v) is 13.6. The van der Waals surface area contributed by atoms with Gasteiger partial charge in [-0.1, -0.05) is 36.4 Å². The number of aromatic nitrogens is 3. The maximum absolute atomic E-state index is 9.20. The molecule has 0 spiro atoms. The number of hydrogen-bond acceptors (Lipinski definition) is 6. The minimum Gasteiger partial charge on any atom is -0.338 e. The molecular formula is C19H16N6. The lowest BCUT2D eigenvalue weighted by Crippen LogP contribution is -2.32. The van der Waals surface area contributed by atoms with Crippen molar-refractivity contribution in [3.05, 3.63) is 71.4 Å². The number of benzene rings is 2. The molecule has 1 N–H and O–H groups in total. The summed E-state index contributed by atoms with van der Waals surface area (Å²) in [7, 11) is 0. The monoisotopic (exact) mass is 328 g/mol. The van der Waals surface area contributed by atoms with E-state index in [0.717, 1.165) is 19.5 Å². The zero-order valence-electron chi connectivity index (χ0n) is 13.6. The number of nitriles is 1. The molecule has 0 unspecified atom stereocenters. The maximum Gasteiger partial charge on any atom is 0.247 e. The Balaban J connectivity index is 1.57. The van der Waals surface area contributed by atoms with E-state index in [9.17, 15) is 5.26 Å². The lowest BCUT2D eigenvalue weighted by Gasteiger charge is -2.28. The van der Waals surface area contributed by atoms with Gasteiger partial charge in [-0.3, -0.25) is 0 Å². The molecule has 1 aromatic heterocycles. The summed E-state index contributed by atoms with van der Waals surface area (Å²) in [6.07, 6.45) is 2.53. The molecule has 3 aromatic rings. The van der Waals surface area contributed by atoms with Gasteiger partial charge in [0.2, 0.25) is 5.95 Å². The highest BCUT2D eigenvalue weighted by Crippen LogP contribution is 2.23. The van der Waals surface area contributed by atoms with Gasteiger partial charge in [-0.25, -0.2) is 0 Å². The Hall–Kier alpha value is -3.46. The van der Waals surface area contributed by atoms with Crippen molar-refractivity contribution < 1.29 is 0 Å². The fraction of sp³-hybridized carbons (Fsp3) is 0.158. The molecule has 0 saturated heterocycles. The Bertz CT molecular complexity index is 946. The molecule has 6 nitrogen and oxygen atoms in total. The predicted octanol–water partition coefficient (Wildman–Crippen LogP) is 3.05. The first kappa shape index (κ1) is 15.1. The van der Waals surface area contributed by atoms with Crippen molar-refractivity contribution in [1.29, 1.82) is 5.26 Å². The Morgan fingerprint density at radius 1 is 1.04 bits per heavy atom. The zero-order chi connectivity index (χ0) is 17.1. The van der Waals surface area contributed by atoms with Crippen molar-refractivity contribution in [2.45, 2.75) is 13.0 Å². The molecule has 0 saturated carbocycles. The number of hydrogen-bond donors (Lipinski definition) is 1. The van der Waals surface area contributed by atoms with Crippen LogP contribution in [-0.4, -0.2) is 21.7 Å². The van der Waals surface area contributed by atoms with Crippen molar-refractivity contribution in [1.82, 2.24) is 15.2 Å². The average Bonchev–Trinajstić information content (AvgIpc) is 2.68. The van der Waals surface area contributed by atoms with Gasteiger partial charge in [-0.15, -0.1) is 5.10 Å². The molecule has 0 bridgehead atoms. The third kappa shape index (κ3) is 3.12. The van der Waals surface area contributed by atoms with Gasteiger partial charge in [0.1, 0.15) is 6.07 Å². The highest BCUT2D eigenvalue weighted by atomic mass is 15.3. The summed E-state index contributed by atoms with van der Waals surface area (Å²) in [5.41, 5.74) is 3.95. The van der Waals surface area contributed by atoms with Gasteiger partial charge < -0.3 is 10.2 Å². The molecule has 25 heavy (non-hydrogen) atoms. The van der Waals surface area contributed by atoms with Crippen molar-refractivity contribution >= 4 is 17.5 Å². The molecule has 0 radical (unpaired) electrons. The van der Waals surface area contributed by atoms with Gasteiger partial charge in [0.25, 0.3) is 0 Å². The Morgan fingerprint density at radius 3 is 2.72 bits per heavy atom. The number of nitrogens with one attached hydrogen (secondary N) is 1. The van der Waals surface area contributed by atoms with E-state index in [4.69, 9.17) is 0 Å². The SMILES string of the molecule is N#Cc1ccccc1Nc1cnnc(N2CCc3ccccc3C2)n1. The summed E-state index contributed by atoms with van der Waals surface area (Å²) in [6, 6.07) is 17.9. The van der Waals surface area contributed by atoms with Crippen LogP contribution >= 0.6 is 0 Å². The first-order valence-corrected chi connectivity index (χ1v) is 8.11. The fourth-order valence-corrected chi connectivity index (χ4v) is 2.98. The van der Waals surface area contributed by atoms with Crippen molar-refractivity contribution in [2.24, 2.45) is 0 Å². The normalized spacial score (nSPS) is 13.0. The van der Waals surface area contributed by atoms with Gasteiger partial charge in [-0.05, 0) is 29.7 Å². The highest BCUT2D eigenvalue weighted by Gasteiger charge is 2.18. The van der Waals surface area contributed by atoms with Crippen molar-refractivity contribution in [2.75, 3.05) is 16.8 Å². The second-order valence-corrected chi connectivity index (χ2v) is 5.86. The van der Waals surface area contributed by atoms with Crippen LogP contribution in [0.4, 0.5) is 17.5 Å². The molecule has 1 aliphatic rings. The molecule has 122 valence electrons. The number of fused-ring (bicyclic) bond motifs is 1. The van der Waals surface area contributed by atoms with E-state index in [-0.39, 0.29) is 0 Å². The Kier molecular flexibility index (Phi) is 3.97. The van der Waals surface area contributed by atoms with Crippen LogP contribution in [0.2, 0.25) is 0 Å². The van der Waals surface area contributed by atoms with E-state index in [1.54, 1.807) is 12.3 Å². The van der Waals surface area contributed by atoms with Crippen molar-refractivity contribution in [3.63, 3.8) is 0 Å². The first-order valence-electron chi connectivity index (χ1n) is 8.11. The summed E-state index contributed by atoms with van der Waals surface area (Å²) in [4.78, 5) is 6.69. The largest absolute Gasteiger partial charge is 0.338 e. The molecule has 0 aliphatic carbocycles. The number of nitrogens with zero attached hydrogens (tertiary/aromatic N) is 5. The van der Waals surface area contributed by atoms with Gasteiger partial charge in [0.05, 0.1) is 17.4 Å². The second kappa shape index (κ2) is 6.57. The standard InChI is InChI=1S/C19H16N6/c20-11-15-6-3-4-8-17(15)22-18-12-21-24-19(23-18)25-10-9-14-5-1-2-7-16(14)13-25/h1-8,12H,9-10,13H2,(H,22,23,24). The third-order valence-electron chi connectivity index (χ3n) is 4.27. The molecule has 6 heteroatoms. The third-order valence-corrected chi connectivity index (χ3v) is 4.27. The number of anilines is 3. The van der Waals surface area contributed by atoms with Gasteiger partial charge in [0.15, 0.2) is 5.82 Å². The smallest absolute Gasteiger partial charge is 0.247 e. The van der Waals surface area contributed by atoms with Gasteiger partial charge in [0, 0.05) is 13.1 Å². The van der Waals surface area contributed by atoms with Gasteiger partial charge in [-0.2, -0.15) is 15.3 Å². The second-order valence-electron chi connectivity index (χ2n) is 5.86. The van der Waals surface area contributed by atoms with Crippen LogP contribution in [0.3, 0.4) is 0 Å². The molecular weight excluding hydrogens is 312 g/mol. The predicted molar refractivity (Wildman–Crippen MR) is 95.5 cm³/mol. The number of para-hydroxylation sites is 1. The molecule has 2 heterocycles. The molecule has 0 fully saturated rings. The number of rotatable bonds is 3. The van der Waals surface area contributed by atoms with Crippen LogP contribution in [0.15, 0.2) is 54.7 Å². The minimum atomic E-state index is 0.564. The Morgan fingerprint density at radius 2 is 1.84 bits per heavy atom. The van der Waals surface area contributed by atoms with Crippen LogP contribution in [0.25, 0.3) is 0 Å². The summed E-state index contributed by atoms with van der Waals surface area (Å²) >= 11 is 0. The summed E-state index contributed by atoms with van der Waals surface area (Å²) in [5, 5.41) is 20.6. The van der Waals surface area contributed by atoms with E-state index in [1.165, 1.54) is 11.1 Å². The summed E-state index contributed by atoms with van der Waals surface area (Å²) in [5.74, 6) is 1.17. The maximum atomic E-state index is 9.20. The van der Waals surface area contributed by atoms with E-state index in [2.05, 4.69) is 55.7 Å². The fourth-order valence-electron chi connectivity index (χ4n) is 2.98. The van der Waals surface area contributed by atoms with Crippen LogP contribution < -0.4 is 10.2 Å². The van der Waals surface area contributed by atoms with Crippen LogP contribution in [-0.2, 0) is 13.0 Å². The molecule has 4 rings (SSSR count). The molecule has 0 amide bonds. The molecule has 0 atom stereocenters. The Labute approximate surface area is 145 Å². The molecule has 1 aliphatic heterocycles.